The number of unbranched alkanes of at least 4 members (excludes halogenated alkanes) is 4. The highest BCUT2D eigenvalue weighted by molar-refractivity contribution is 5.28. The van der Waals surface area contributed by atoms with E-state index in [9.17, 15) is 5.11 Å². The van der Waals surface area contributed by atoms with Crippen LogP contribution in [0.2, 0.25) is 0 Å². The molecule has 1 aromatic rings. The Labute approximate surface area is 111 Å². The number of aliphatic hydroxyl groups is 1. The Morgan fingerprint density at radius 1 is 1.00 bits per heavy atom. The highest BCUT2D eigenvalue weighted by Crippen LogP contribution is 2.20. The van der Waals surface area contributed by atoms with Crippen molar-refractivity contribution in [1.29, 1.82) is 0 Å². The van der Waals surface area contributed by atoms with Crippen molar-refractivity contribution in [2.45, 2.75) is 58.5 Å². The van der Waals surface area contributed by atoms with Gasteiger partial charge in [0.05, 0.1) is 12.7 Å². The Balaban J connectivity index is 2.22. The molecule has 2 heteroatoms. The van der Waals surface area contributed by atoms with E-state index in [0.717, 1.165) is 30.8 Å². The molecule has 18 heavy (non-hydrogen) atoms. The largest absolute Gasteiger partial charge is 0.494 e. The molecule has 1 N–H and O–H groups in total. The maximum Gasteiger partial charge on any atom is 0.119 e. The minimum atomic E-state index is -0.354. The second kappa shape index (κ2) is 8.98. The predicted molar refractivity (Wildman–Crippen MR) is 75.9 cm³/mol. The second-order valence-corrected chi connectivity index (χ2v) is 4.76. The minimum Gasteiger partial charge on any atom is -0.494 e. The highest BCUT2D eigenvalue weighted by Gasteiger charge is 2.04. The van der Waals surface area contributed by atoms with Gasteiger partial charge in [0, 0.05) is 0 Å². The van der Waals surface area contributed by atoms with Gasteiger partial charge in [-0.3, -0.25) is 0 Å². The van der Waals surface area contributed by atoms with Gasteiger partial charge in [0.2, 0.25) is 0 Å². The van der Waals surface area contributed by atoms with Crippen molar-refractivity contribution in [3.05, 3.63) is 29.8 Å². The number of benzene rings is 1. The SMILES string of the molecule is CCCCCCCOc1ccc([C@H](O)CC)cc1. The van der Waals surface area contributed by atoms with Crippen LogP contribution in [-0.4, -0.2) is 11.7 Å². The van der Waals surface area contributed by atoms with Crippen LogP contribution in [0.5, 0.6) is 5.75 Å². The van der Waals surface area contributed by atoms with E-state index in [-0.39, 0.29) is 6.10 Å². The van der Waals surface area contributed by atoms with E-state index in [0.29, 0.717) is 0 Å². The first-order chi connectivity index (χ1) is 8.77. The summed E-state index contributed by atoms with van der Waals surface area (Å²) < 4.78 is 5.67. The number of rotatable bonds is 9. The van der Waals surface area contributed by atoms with Gasteiger partial charge >= 0.3 is 0 Å². The van der Waals surface area contributed by atoms with E-state index < -0.39 is 0 Å². The van der Waals surface area contributed by atoms with Crippen LogP contribution < -0.4 is 4.74 Å². The molecule has 1 aromatic carbocycles. The molecule has 0 heterocycles. The van der Waals surface area contributed by atoms with Crippen molar-refractivity contribution >= 4 is 0 Å². The van der Waals surface area contributed by atoms with Crippen LogP contribution in [0.1, 0.15) is 64.0 Å². The molecule has 0 amide bonds. The van der Waals surface area contributed by atoms with E-state index in [2.05, 4.69) is 6.92 Å². The zero-order valence-corrected chi connectivity index (χ0v) is 11.7. The maximum atomic E-state index is 9.68. The summed E-state index contributed by atoms with van der Waals surface area (Å²) in [5.74, 6) is 0.901. The molecule has 0 fully saturated rings. The Kier molecular flexibility index (Phi) is 7.51. The van der Waals surface area contributed by atoms with Gasteiger partial charge in [0.15, 0.2) is 0 Å². The van der Waals surface area contributed by atoms with Crippen LogP contribution in [0.15, 0.2) is 24.3 Å². The summed E-state index contributed by atoms with van der Waals surface area (Å²) in [4.78, 5) is 0. The van der Waals surface area contributed by atoms with Crippen LogP contribution in [0.25, 0.3) is 0 Å². The monoisotopic (exact) mass is 250 g/mol. The van der Waals surface area contributed by atoms with Crippen LogP contribution in [0.4, 0.5) is 0 Å². The molecule has 0 aliphatic carbocycles. The number of hydrogen-bond donors (Lipinski definition) is 1. The van der Waals surface area contributed by atoms with Crippen molar-refractivity contribution in [2.24, 2.45) is 0 Å². The molecule has 0 aromatic heterocycles. The van der Waals surface area contributed by atoms with Crippen LogP contribution in [-0.2, 0) is 0 Å². The fraction of sp³-hybridized carbons (Fsp3) is 0.625. The fourth-order valence-corrected chi connectivity index (χ4v) is 1.92. The van der Waals surface area contributed by atoms with Crippen molar-refractivity contribution in [1.82, 2.24) is 0 Å². The Morgan fingerprint density at radius 2 is 1.67 bits per heavy atom. The highest BCUT2D eigenvalue weighted by atomic mass is 16.5. The molecule has 0 spiro atoms. The average Bonchev–Trinajstić information content (AvgIpc) is 2.42. The summed E-state index contributed by atoms with van der Waals surface area (Å²) in [6.07, 6.45) is 6.68. The molecule has 0 saturated heterocycles. The first-order valence-electron chi connectivity index (χ1n) is 7.18. The molecule has 0 unspecified atom stereocenters. The third kappa shape index (κ3) is 5.54. The fourth-order valence-electron chi connectivity index (χ4n) is 1.92. The summed E-state index contributed by atoms with van der Waals surface area (Å²) >= 11 is 0. The van der Waals surface area contributed by atoms with Gasteiger partial charge in [-0.1, -0.05) is 51.7 Å². The molecule has 0 aliphatic heterocycles. The van der Waals surface area contributed by atoms with Crippen molar-refractivity contribution in [3.63, 3.8) is 0 Å². The lowest BCUT2D eigenvalue weighted by Crippen LogP contribution is -1.98. The number of ether oxygens (including phenoxy) is 1. The lowest BCUT2D eigenvalue weighted by molar-refractivity contribution is 0.173. The topological polar surface area (TPSA) is 29.5 Å². The smallest absolute Gasteiger partial charge is 0.119 e. The third-order valence-electron chi connectivity index (χ3n) is 3.17. The van der Waals surface area contributed by atoms with E-state index in [1.165, 1.54) is 25.7 Å². The third-order valence-corrected chi connectivity index (χ3v) is 3.17. The Bertz CT molecular complexity index is 305. The maximum absolute atomic E-state index is 9.68. The van der Waals surface area contributed by atoms with Gasteiger partial charge in [-0.05, 0) is 30.5 Å². The molecule has 0 saturated carbocycles. The number of aliphatic hydroxyl groups excluding tert-OH is 1. The second-order valence-electron chi connectivity index (χ2n) is 4.76. The first kappa shape index (κ1) is 15.0. The van der Waals surface area contributed by atoms with Crippen LogP contribution in [0, 0.1) is 0 Å². The van der Waals surface area contributed by atoms with E-state index in [4.69, 9.17) is 4.74 Å². The average molecular weight is 250 g/mol. The summed E-state index contributed by atoms with van der Waals surface area (Å²) in [6, 6.07) is 7.78. The van der Waals surface area contributed by atoms with E-state index >= 15 is 0 Å². The van der Waals surface area contributed by atoms with Gasteiger partial charge in [-0.25, -0.2) is 0 Å². The molecule has 0 aliphatic rings. The first-order valence-corrected chi connectivity index (χ1v) is 7.18. The molecule has 102 valence electrons. The molecule has 2 nitrogen and oxygen atoms in total. The van der Waals surface area contributed by atoms with Gasteiger partial charge in [0.25, 0.3) is 0 Å². The van der Waals surface area contributed by atoms with E-state index in [1.807, 2.05) is 31.2 Å². The van der Waals surface area contributed by atoms with Gasteiger partial charge in [-0.2, -0.15) is 0 Å². The molecule has 1 rings (SSSR count). The van der Waals surface area contributed by atoms with Crippen LogP contribution in [0.3, 0.4) is 0 Å². The quantitative estimate of drug-likeness (QED) is 0.655. The normalized spacial score (nSPS) is 12.4. The standard InChI is InChI=1S/C16H26O2/c1-3-5-6-7-8-13-18-15-11-9-14(10-12-15)16(17)4-2/h9-12,16-17H,3-8,13H2,1-2H3/t16-/m1/s1. The lowest BCUT2D eigenvalue weighted by atomic mass is 10.1. The molecule has 0 radical (unpaired) electrons. The van der Waals surface area contributed by atoms with Gasteiger partial charge < -0.3 is 9.84 Å². The zero-order valence-electron chi connectivity index (χ0n) is 11.7. The summed E-state index contributed by atoms with van der Waals surface area (Å²) in [7, 11) is 0. The van der Waals surface area contributed by atoms with Gasteiger partial charge in [-0.15, -0.1) is 0 Å². The molecular formula is C16H26O2. The van der Waals surface area contributed by atoms with E-state index in [1.54, 1.807) is 0 Å². The Morgan fingerprint density at radius 3 is 2.28 bits per heavy atom. The molecule has 1 atom stereocenters. The molecule has 0 bridgehead atoms. The number of hydrogen-bond acceptors (Lipinski definition) is 2. The van der Waals surface area contributed by atoms with Crippen molar-refractivity contribution < 1.29 is 9.84 Å². The van der Waals surface area contributed by atoms with Crippen molar-refractivity contribution in [3.8, 4) is 5.75 Å². The lowest BCUT2D eigenvalue weighted by Gasteiger charge is -2.10. The summed E-state index contributed by atoms with van der Waals surface area (Å²) in [6.45, 7) is 4.99. The molecular weight excluding hydrogens is 224 g/mol. The zero-order chi connectivity index (χ0) is 13.2. The van der Waals surface area contributed by atoms with Crippen LogP contribution >= 0.6 is 0 Å². The predicted octanol–water partition coefficient (Wildman–Crippen LogP) is 4.48. The summed E-state index contributed by atoms with van der Waals surface area (Å²) in [5.41, 5.74) is 0.966. The van der Waals surface area contributed by atoms with Crippen molar-refractivity contribution in [2.75, 3.05) is 6.61 Å². The van der Waals surface area contributed by atoms with Gasteiger partial charge in [0.1, 0.15) is 5.75 Å². The minimum absolute atomic E-state index is 0.354. The summed E-state index contributed by atoms with van der Waals surface area (Å²) in [5, 5.41) is 9.68. The Hall–Kier alpha value is -1.02.